The lowest BCUT2D eigenvalue weighted by Gasteiger charge is -2.78. The molecule has 2 N–H and O–H groups in total. The van der Waals surface area contributed by atoms with Crippen molar-refractivity contribution in [2.75, 3.05) is 7.05 Å². The van der Waals surface area contributed by atoms with E-state index < -0.39 is 0 Å². The summed E-state index contributed by atoms with van der Waals surface area (Å²) in [6, 6.07) is 25.9. The van der Waals surface area contributed by atoms with Gasteiger partial charge in [-0.1, -0.05) is 30.3 Å². The van der Waals surface area contributed by atoms with Crippen molar-refractivity contribution in [3.8, 4) is 17.0 Å². The van der Waals surface area contributed by atoms with Crippen LogP contribution in [0.5, 0.6) is 5.75 Å². The predicted octanol–water partition coefficient (Wildman–Crippen LogP) is 5.72. The van der Waals surface area contributed by atoms with Gasteiger partial charge in [0.2, 0.25) is 0 Å². The van der Waals surface area contributed by atoms with Crippen molar-refractivity contribution in [2.24, 2.45) is 11.3 Å². The third-order valence-electron chi connectivity index (χ3n) is 9.88. The van der Waals surface area contributed by atoms with E-state index in [0.29, 0.717) is 23.0 Å². The van der Waals surface area contributed by atoms with Crippen LogP contribution < -0.4 is 10.1 Å². The van der Waals surface area contributed by atoms with Gasteiger partial charge in [0, 0.05) is 40.4 Å². The first kappa shape index (κ1) is 22.4. The molecule has 5 atom stereocenters. The minimum Gasteiger partial charge on any atom is -0.490 e. The van der Waals surface area contributed by atoms with Crippen LogP contribution in [0.2, 0.25) is 0 Å². The maximum absolute atomic E-state index is 13.3. The standard InChI is InChI=1S/C32H32N4O2/c1-36-26-15-16-32(26)27(36)18-28(32)38-23-12-9-21(10-13-23)30-24-17-22(11-14-25(24)34-35-30)31(37)33-29(20-7-8-20)19-5-3-2-4-6-19/h2-6,9-14,17,20,26-29H,7-8,15-16,18H2,1H3,(H,33,37)(H,34,35). The molecule has 3 aromatic carbocycles. The number of hydrogen-bond acceptors (Lipinski definition) is 4. The Morgan fingerprint density at radius 1 is 1.05 bits per heavy atom. The normalized spacial score (nSPS) is 28.3. The lowest BCUT2D eigenvalue weighted by Crippen LogP contribution is -2.86. The van der Waals surface area contributed by atoms with Crippen molar-refractivity contribution in [3.63, 3.8) is 0 Å². The number of nitrogens with one attached hydrogen (secondary N) is 2. The summed E-state index contributed by atoms with van der Waals surface area (Å²) in [5.74, 6) is 1.40. The number of ether oxygens (including phenoxy) is 1. The second kappa shape index (κ2) is 8.18. The van der Waals surface area contributed by atoms with E-state index in [1.54, 1.807) is 0 Å². The number of benzene rings is 3. The van der Waals surface area contributed by atoms with Crippen LogP contribution in [-0.2, 0) is 0 Å². The number of likely N-dealkylation sites (tertiary alicyclic amines) is 1. The van der Waals surface area contributed by atoms with Gasteiger partial charge in [0.1, 0.15) is 11.9 Å². The number of hydrogen-bond donors (Lipinski definition) is 2. The molecule has 5 unspecified atom stereocenters. The molecule has 4 aromatic rings. The first-order valence-corrected chi connectivity index (χ1v) is 13.9. The van der Waals surface area contributed by atoms with E-state index in [1.165, 1.54) is 18.4 Å². The molecule has 8 rings (SSSR count). The molecule has 1 aromatic heterocycles. The Bertz CT molecular complexity index is 1520. The van der Waals surface area contributed by atoms with E-state index in [0.717, 1.165) is 59.3 Å². The summed E-state index contributed by atoms with van der Waals surface area (Å²) in [5, 5.41) is 12.0. The average Bonchev–Trinajstić information content (AvgIpc) is 3.67. The van der Waals surface area contributed by atoms with Crippen LogP contribution >= 0.6 is 0 Å². The molecule has 1 amide bonds. The summed E-state index contributed by atoms with van der Waals surface area (Å²) in [7, 11) is 2.26. The molecule has 4 fully saturated rings. The van der Waals surface area contributed by atoms with Crippen molar-refractivity contribution in [3.05, 3.63) is 83.9 Å². The quantitative estimate of drug-likeness (QED) is 0.338. The Labute approximate surface area is 222 Å². The van der Waals surface area contributed by atoms with E-state index in [-0.39, 0.29) is 11.9 Å². The van der Waals surface area contributed by atoms with Gasteiger partial charge in [-0.3, -0.25) is 14.8 Å². The lowest BCUT2D eigenvalue weighted by atomic mass is 9.41. The predicted molar refractivity (Wildman–Crippen MR) is 147 cm³/mol. The van der Waals surface area contributed by atoms with Crippen molar-refractivity contribution in [1.82, 2.24) is 20.4 Å². The molecule has 3 aliphatic carbocycles. The molecule has 38 heavy (non-hydrogen) atoms. The van der Waals surface area contributed by atoms with Gasteiger partial charge in [-0.15, -0.1) is 0 Å². The number of carbonyl (C=O) groups is 1. The largest absolute Gasteiger partial charge is 0.490 e. The van der Waals surface area contributed by atoms with Gasteiger partial charge in [0.05, 0.1) is 17.3 Å². The number of carbonyl (C=O) groups excluding carboxylic acids is 1. The summed E-state index contributed by atoms with van der Waals surface area (Å²) in [6.07, 6.45) is 6.41. The van der Waals surface area contributed by atoms with Gasteiger partial charge in [0.25, 0.3) is 5.91 Å². The molecule has 1 aliphatic heterocycles. The van der Waals surface area contributed by atoms with Crippen molar-refractivity contribution in [2.45, 2.75) is 56.3 Å². The Kier molecular flexibility index (Phi) is 4.81. The van der Waals surface area contributed by atoms with Gasteiger partial charge in [0.15, 0.2) is 0 Å². The van der Waals surface area contributed by atoms with Crippen LogP contribution in [0.15, 0.2) is 72.8 Å². The number of rotatable bonds is 7. The second-order valence-electron chi connectivity index (χ2n) is 11.7. The Morgan fingerprint density at radius 3 is 2.58 bits per heavy atom. The molecule has 1 saturated heterocycles. The Hall–Kier alpha value is -3.64. The fourth-order valence-electron chi connectivity index (χ4n) is 7.51. The lowest BCUT2D eigenvalue weighted by molar-refractivity contribution is -0.304. The van der Waals surface area contributed by atoms with E-state index in [9.17, 15) is 4.79 Å². The smallest absolute Gasteiger partial charge is 0.251 e. The van der Waals surface area contributed by atoms with Gasteiger partial charge >= 0.3 is 0 Å². The number of amides is 1. The first-order chi connectivity index (χ1) is 18.6. The van der Waals surface area contributed by atoms with Crippen molar-refractivity contribution in [1.29, 1.82) is 0 Å². The van der Waals surface area contributed by atoms with Crippen molar-refractivity contribution >= 4 is 16.8 Å². The topological polar surface area (TPSA) is 70.2 Å². The summed E-state index contributed by atoms with van der Waals surface area (Å²) in [5.41, 5.74) is 5.03. The number of fused-ring (bicyclic) bond motifs is 1. The van der Waals surface area contributed by atoms with E-state index >= 15 is 0 Å². The summed E-state index contributed by atoms with van der Waals surface area (Å²) in [4.78, 5) is 15.9. The zero-order valence-corrected chi connectivity index (χ0v) is 21.6. The Morgan fingerprint density at radius 2 is 1.87 bits per heavy atom. The van der Waals surface area contributed by atoms with Crippen molar-refractivity contribution < 1.29 is 9.53 Å². The van der Waals surface area contributed by atoms with Crippen LogP contribution in [-0.4, -0.2) is 46.2 Å². The number of aromatic amines is 1. The Balaban J connectivity index is 1.01. The highest BCUT2D eigenvalue weighted by atomic mass is 16.5. The van der Waals surface area contributed by atoms with E-state index in [4.69, 9.17) is 4.74 Å². The number of nitrogens with zero attached hydrogens (tertiary/aromatic N) is 2. The molecule has 6 nitrogen and oxygen atoms in total. The molecule has 0 bridgehead atoms. The first-order valence-electron chi connectivity index (χ1n) is 13.9. The SMILES string of the molecule is CN1C2CCC23C(Oc2ccc(-c4n[nH]c5ccc(C(=O)NC(c6ccccc6)C6CC6)cc45)cc2)CC13. The van der Waals surface area contributed by atoms with Crippen LogP contribution in [0.1, 0.15) is 54.1 Å². The number of aromatic nitrogens is 2. The minimum atomic E-state index is -0.0438. The van der Waals surface area contributed by atoms with Crippen LogP contribution in [0.3, 0.4) is 0 Å². The molecule has 1 spiro atoms. The average molecular weight is 505 g/mol. The van der Waals surface area contributed by atoms with Crippen LogP contribution in [0, 0.1) is 11.3 Å². The molecule has 0 radical (unpaired) electrons. The maximum Gasteiger partial charge on any atom is 0.251 e. The van der Waals surface area contributed by atoms with E-state index in [2.05, 4.69) is 63.9 Å². The molecule has 3 saturated carbocycles. The number of H-pyrrole nitrogens is 1. The molecule has 4 aliphatic rings. The van der Waals surface area contributed by atoms with Gasteiger partial charge < -0.3 is 10.1 Å². The third-order valence-corrected chi connectivity index (χ3v) is 9.88. The highest BCUT2D eigenvalue weighted by molar-refractivity contribution is 6.01. The van der Waals surface area contributed by atoms with Crippen LogP contribution in [0.4, 0.5) is 0 Å². The minimum absolute atomic E-state index is 0.0438. The fourth-order valence-corrected chi connectivity index (χ4v) is 7.51. The molecular formula is C32H32N4O2. The van der Waals surface area contributed by atoms with E-state index in [1.807, 2.05) is 36.4 Å². The monoisotopic (exact) mass is 504 g/mol. The zero-order chi connectivity index (χ0) is 25.4. The zero-order valence-electron chi connectivity index (χ0n) is 21.6. The van der Waals surface area contributed by atoms with Gasteiger partial charge in [-0.25, -0.2) is 0 Å². The molecule has 2 heterocycles. The molecular weight excluding hydrogens is 472 g/mol. The highest BCUT2D eigenvalue weighted by Crippen LogP contribution is 2.68. The fraction of sp³-hybridized carbons (Fsp3) is 0.375. The molecule has 6 heteroatoms. The summed E-state index contributed by atoms with van der Waals surface area (Å²) >= 11 is 0. The number of piperidine rings is 2. The maximum atomic E-state index is 13.3. The summed E-state index contributed by atoms with van der Waals surface area (Å²) < 4.78 is 6.46. The highest BCUT2D eigenvalue weighted by Gasteiger charge is 2.75. The van der Waals surface area contributed by atoms with Gasteiger partial charge in [-0.05, 0) is 86.7 Å². The van der Waals surface area contributed by atoms with Crippen LogP contribution in [0.25, 0.3) is 22.2 Å². The molecule has 192 valence electrons. The third kappa shape index (κ3) is 3.22. The van der Waals surface area contributed by atoms with Gasteiger partial charge in [-0.2, -0.15) is 5.10 Å². The summed E-state index contributed by atoms with van der Waals surface area (Å²) in [6.45, 7) is 0. The second-order valence-corrected chi connectivity index (χ2v) is 11.7.